The summed E-state index contributed by atoms with van der Waals surface area (Å²) < 4.78 is 0. The zero-order valence-corrected chi connectivity index (χ0v) is 12.0. The Morgan fingerprint density at radius 3 is 3.00 bits per heavy atom. The quantitative estimate of drug-likeness (QED) is 0.864. The van der Waals surface area contributed by atoms with Crippen molar-refractivity contribution in [3.05, 3.63) is 17.7 Å². The molecule has 1 aliphatic rings. The van der Waals surface area contributed by atoms with Crippen LogP contribution in [-0.2, 0) is 0 Å². The van der Waals surface area contributed by atoms with E-state index in [1.165, 1.54) is 18.6 Å². The summed E-state index contributed by atoms with van der Waals surface area (Å²) in [6.07, 6.45) is 4.02. The number of aromatic nitrogens is 2. The van der Waals surface area contributed by atoms with Crippen LogP contribution in [0.5, 0.6) is 0 Å². The van der Waals surface area contributed by atoms with E-state index in [1.54, 1.807) is 6.20 Å². The summed E-state index contributed by atoms with van der Waals surface area (Å²) in [5, 5.41) is 13.0. The van der Waals surface area contributed by atoms with Crippen LogP contribution in [0, 0.1) is 0 Å². The maximum atomic E-state index is 11.3. The Balaban J connectivity index is 2.11. The summed E-state index contributed by atoms with van der Waals surface area (Å²) in [5.74, 6) is 0.877. The normalized spacial score (nSPS) is 18.8. The van der Waals surface area contributed by atoms with E-state index in [9.17, 15) is 9.90 Å². The molecule has 0 saturated carbocycles. The van der Waals surface area contributed by atoms with Crippen LogP contribution < -0.4 is 5.32 Å². The lowest BCUT2D eigenvalue weighted by molar-refractivity contribution is 0.0691. The van der Waals surface area contributed by atoms with Crippen molar-refractivity contribution in [2.45, 2.75) is 37.9 Å². The first-order chi connectivity index (χ1) is 9.08. The highest BCUT2D eigenvalue weighted by atomic mass is 32.2. The minimum absolute atomic E-state index is 0.0710. The second kappa shape index (κ2) is 6.23. The molecule has 1 atom stereocenters. The minimum Gasteiger partial charge on any atom is -0.476 e. The van der Waals surface area contributed by atoms with Crippen molar-refractivity contribution in [3.8, 4) is 0 Å². The van der Waals surface area contributed by atoms with Crippen molar-refractivity contribution in [2.75, 3.05) is 17.6 Å². The Kier molecular flexibility index (Phi) is 4.63. The molecule has 0 amide bonds. The molecule has 0 radical (unpaired) electrons. The SMILES string of the molecule is CC(C)c1ncc(NCC2CCCS2)c(C(=O)O)n1. The Hall–Kier alpha value is -1.30. The first-order valence-electron chi connectivity index (χ1n) is 6.53. The second-order valence-corrected chi connectivity index (χ2v) is 6.37. The first-order valence-corrected chi connectivity index (χ1v) is 7.58. The summed E-state index contributed by atoms with van der Waals surface area (Å²) in [7, 11) is 0. The molecule has 1 aromatic rings. The lowest BCUT2D eigenvalue weighted by Gasteiger charge is -2.13. The molecule has 0 aromatic carbocycles. The van der Waals surface area contributed by atoms with Gasteiger partial charge in [0.2, 0.25) is 0 Å². The average molecular weight is 281 g/mol. The molecule has 1 saturated heterocycles. The molecular weight excluding hydrogens is 262 g/mol. The summed E-state index contributed by atoms with van der Waals surface area (Å²) in [4.78, 5) is 19.6. The van der Waals surface area contributed by atoms with Gasteiger partial charge in [0.15, 0.2) is 5.69 Å². The molecule has 104 valence electrons. The van der Waals surface area contributed by atoms with E-state index in [-0.39, 0.29) is 11.6 Å². The number of aromatic carboxylic acids is 1. The van der Waals surface area contributed by atoms with Gasteiger partial charge in [-0.05, 0) is 18.6 Å². The number of nitrogens with zero attached hydrogens (tertiary/aromatic N) is 2. The van der Waals surface area contributed by atoms with E-state index in [2.05, 4.69) is 15.3 Å². The largest absolute Gasteiger partial charge is 0.476 e. The molecule has 2 rings (SSSR count). The zero-order chi connectivity index (χ0) is 13.8. The van der Waals surface area contributed by atoms with Gasteiger partial charge < -0.3 is 10.4 Å². The van der Waals surface area contributed by atoms with E-state index in [0.717, 1.165) is 6.54 Å². The van der Waals surface area contributed by atoms with Gasteiger partial charge in [0, 0.05) is 17.7 Å². The van der Waals surface area contributed by atoms with E-state index in [0.29, 0.717) is 16.8 Å². The summed E-state index contributed by atoms with van der Waals surface area (Å²) in [5.41, 5.74) is 0.589. The smallest absolute Gasteiger partial charge is 0.356 e. The van der Waals surface area contributed by atoms with Gasteiger partial charge in [-0.25, -0.2) is 14.8 Å². The highest BCUT2D eigenvalue weighted by molar-refractivity contribution is 8.00. The molecule has 1 fully saturated rings. The molecule has 1 aliphatic heterocycles. The second-order valence-electron chi connectivity index (χ2n) is 4.97. The van der Waals surface area contributed by atoms with Gasteiger partial charge in [0.25, 0.3) is 0 Å². The fourth-order valence-corrected chi connectivity index (χ4v) is 3.20. The van der Waals surface area contributed by atoms with Crippen LogP contribution in [0.3, 0.4) is 0 Å². The third kappa shape index (κ3) is 3.59. The van der Waals surface area contributed by atoms with E-state index >= 15 is 0 Å². The number of carboxylic acids is 1. The Bertz CT molecular complexity index is 459. The number of carbonyl (C=O) groups is 1. The minimum atomic E-state index is -1.01. The summed E-state index contributed by atoms with van der Waals surface area (Å²) in [6.45, 7) is 4.67. The zero-order valence-electron chi connectivity index (χ0n) is 11.2. The number of rotatable bonds is 5. The number of anilines is 1. The van der Waals surface area contributed by atoms with E-state index in [4.69, 9.17) is 0 Å². The highest BCUT2D eigenvalue weighted by Gasteiger charge is 2.19. The molecule has 2 N–H and O–H groups in total. The standard InChI is InChI=1S/C13H19N3O2S/c1-8(2)12-15-7-10(11(16-12)13(17)18)14-6-9-4-3-5-19-9/h7-9,14H,3-6H2,1-2H3,(H,17,18). The molecule has 2 heterocycles. The lowest BCUT2D eigenvalue weighted by atomic mass is 10.2. The fourth-order valence-electron chi connectivity index (χ4n) is 2.00. The molecule has 0 spiro atoms. The molecule has 1 unspecified atom stereocenters. The van der Waals surface area contributed by atoms with Gasteiger partial charge in [-0.1, -0.05) is 13.8 Å². The van der Waals surface area contributed by atoms with Gasteiger partial charge in [0.1, 0.15) is 5.82 Å². The van der Waals surface area contributed by atoms with Crippen molar-refractivity contribution in [2.24, 2.45) is 0 Å². The van der Waals surface area contributed by atoms with Gasteiger partial charge in [-0.2, -0.15) is 11.8 Å². The summed E-state index contributed by atoms with van der Waals surface area (Å²) in [6, 6.07) is 0. The fraction of sp³-hybridized carbons (Fsp3) is 0.615. The molecule has 19 heavy (non-hydrogen) atoms. The van der Waals surface area contributed by atoms with Crippen LogP contribution in [0.1, 0.15) is 48.9 Å². The van der Waals surface area contributed by atoms with Crippen LogP contribution in [0.2, 0.25) is 0 Å². The summed E-state index contributed by atoms with van der Waals surface area (Å²) >= 11 is 1.93. The van der Waals surface area contributed by atoms with Crippen LogP contribution in [0.25, 0.3) is 0 Å². The number of hydrogen-bond donors (Lipinski definition) is 2. The average Bonchev–Trinajstić information content (AvgIpc) is 2.89. The molecule has 6 heteroatoms. The molecule has 0 bridgehead atoms. The van der Waals surface area contributed by atoms with Gasteiger partial charge >= 0.3 is 5.97 Å². The highest BCUT2D eigenvalue weighted by Crippen LogP contribution is 2.26. The number of hydrogen-bond acceptors (Lipinski definition) is 5. The van der Waals surface area contributed by atoms with Crippen molar-refractivity contribution in [1.82, 2.24) is 9.97 Å². The molecular formula is C13H19N3O2S. The number of nitrogens with one attached hydrogen (secondary N) is 1. The van der Waals surface area contributed by atoms with Crippen LogP contribution in [0.4, 0.5) is 5.69 Å². The van der Waals surface area contributed by atoms with Gasteiger partial charge in [-0.15, -0.1) is 0 Å². The molecule has 5 nitrogen and oxygen atoms in total. The van der Waals surface area contributed by atoms with E-state index < -0.39 is 5.97 Å². The van der Waals surface area contributed by atoms with Crippen molar-refractivity contribution in [3.63, 3.8) is 0 Å². The van der Waals surface area contributed by atoms with Gasteiger partial charge in [0.05, 0.1) is 11.9 Å². The number of carboxylic acid groups (broad SMARTS) is 1. The third-order valence-corrected chi connectivity index (χ3v) is 4.47. The Morgan fingerprint density at radius 2 is 2.42 bits per heavy atom. The van der Waals surface area contributed by atoms with E-state index in [1.807, 2.05) is 25.6 Å². The Labute approximate surface area is 117 Å². The lowest BCUT2D eigenvalue weighted by Crippen LogP contribution is -2.18. The van der Waals surface area contributed by atoms with Crippen molar-refractivity contribution in [1.29, 1.82) is 0 Å². The van der Waals surface area contributed by atoms with Gasteiger partial charge in [-0.3, -0.25) is 0 Å². The van der Waals surface area contributed by atoms with Crippen LogP contribution in [0.15, 0.2) is 6.20 Å². The molecule has 0 aliphatic carbocycles. The first kappa shape index (κ1) is 14.1. The third-order valence-electron chi connectivity index (χ3n) is 3.07. The van der Waals surface area contributed by atoms with Crippen LogP contribution in [-0.4, -0.2) is 38.6 Å². The number of thioether (sulfide) groups is 1. The predicted molar refractivity (Wildman–Crippen MR) is 77.1 cm³/mol. The van der Waals surface area contributed by atoms with Crippen molar-refractivity contribution >= 4 is 23.4 Å². The maximum absolute atomic E-state index is 11.3. The topological polar surface area (TPSA) is 75.1 Å². The molecule has 1 aromatic heterocycles. The maximum Gasteiger partial charge on any atom is 0.356 e. The van der Waals surface area contributed by atoms with Crippen molar-refractivity contribution < 1.29 is 9.90 Å². The monoisotopic (exact) mass is 281 g/mol. The predicted octanol–water partition coefficient (Wildman–Crippen LogP) is 2.61. The van der Waals surface area contributed by atoms with Crippen LogP contribution >= 0.6 is 11.8 Å². The Morgan fingerprint density at radius 1 is 1.63 bits per heavy atom.